The molecule has 0 saturated heterocycles. The molecular formula is C23H18ClN. The lowest BCUT2D eigenvalue weighted by Gasteiger charge is -2.20. The van der Waals surface area contributed by atoms with E-state index in [0.717, 1.165) is 16.3 Å². The molecule has 1 heterocycles. The molecule has 122 valence electrons. The molecule has 0 unspecified atom stereocenters. The Labute approximate surface area is 152 Å². The van der Waals surface area contributed by atoms with Crippen molar-refractivity contribution < 1.29 is 0 Å². The Bertz CT molecular complexity index is 1010. The fraction of sp³-hybridized carbons (Fsp3) is 0.0435. The summed E-state index contributed by atoms with van der Waals surface area (Å²) < 4.78 is 2.35. The topological polar surface area (TPSA) is 4.93 Å². The first-order valence-electron chi connectivity index (χ1n) is 8.31. The van der Waals surface area contributed by atoms with E-state index in [9.17, 15) is 0 Å². The van der Waals surface area contributed by atoms with Gasteiger partial charge in [-0.25, -0.2) is 0 Å². The van der Waals surface area contributed by atoms with Gasteiger partial charge in [0.25, 0.3) is 0 Å². The van der Waals surface area contributed by atoms with Gasteiger partial charge in [-0.05, 0) is 35.4 Å². The Morgan fingerprint density at radius 3 is 2.24 bits per heavy atom. The molecule has 25 heavy (non-hydrogen) atoms. The third-order valence-electron chi connectivity index (χ3n) is 4.53. The molecule has 1 atom stereocenters. The van der Waals surface area contributed by atoms with E-state index in [1.54, 1.807) is 0 Å². The summed E-state index contributed by atoms with van der Waals surface area (Å²) >= 11 is 6.08. The molecule has 0 aliphatic heterocycles. The van der Waals surface area contributed by atoms with Gasteiger partial charge >= 0.3 is 0 Å². The lowest BCUT2D eigenvalue weighted by atomic mass is 10.1. The Balaban J connectivity index is 1.99. The number of hydrogen-bond acceptors (Lipinski definition) is 0. The maximum absolute atomic E-state index is 6.08. The number of benzene rings is 3. The van der Waals surface area contributed by atoms with Gasteiger partial charge in [0.1, 0.15) is 0 Å². The normalized spacial score (nSPS) is 12.2. The third kappa shape index (κ3) is 2.88. The minimum Gasteiger partial charge on any atom is -0.329 e. The first-order valence-corrected chi connectivity index (χ1v) is 8.69. The van der Waals surface area contributed by atoms with Crippen molar-refractivity contribution >= 4 is 22.5 Å². The first kappa shape index (κ1) is 15.7. The van der Waals surface area contributed by atoms with Crippen LogP contribution in [0.3, 0.4) is 0 Å². The lowest BCUT2D eigenvalue weighted by Crippen LogP contribution is -2.09. The number of halogens is 1. The van der Waals surface area contributed by atoms with E-state index in [1.807, 2.05) is 24.3 Å². The zero-order chi connectivity index (χ0) is 17.2. The lowest BCUT2D eigenvalue weighted by molar-refractivity contribution is 0.738. The predicted octanol–water partition coefficient (Wildman–Crippen LogP) is 6.74. The number of fused-ring (bicyclic) bond motifs is 1. The van der Waals surface area contributed by atoms with Crippen LogP contribution in [0, 0.1) is 0 Å². The Morgan fingerprint density at radius 1 is 0.840 bits per heavy atom. The summed E-state index contributed by atoms with van der Waals surface area (Å²) in [5, 5.41) is 1.96. The number of nitrogens with zero attached hydrogens (tertiary/aromatic N) is 1. The highest BCUT2D eigenvalue weighted by Crippen LogP contribution is 2.35. The van der Waals surface area contributed by atoms with E-state index in [2.05, 4.69) is 77.9 Å². The van der Waals surface area contributed by atoms with Crippen LogP contribution in [0.2, 0.25) is 5.02 Å². The molecular weight excluding hydrogens is 326 g/mol. The van der Waals surface area contributed by atoms with Crippen LogP contribution in [0.5, 0.6) is 0 Å². The van der Waals surface area contributed by atoms with Crippen LogP contribution >= 0.6 is 11.6 Å². The fourth-order valence-corrected chi connectivity index (χ4v) is 3.49. The van der Waals surface area contributed by atoms with Crippen molar-refractivity contribution in [1.82, 2.24) is 4.57 Å². The minimum atomic E-state index is 0.0618. The zero-order valence-corrected chi connectivity index (χ0v) is 14.5. The van der Waals surface area contributed by atoms with Crippen LogP contribution in [0.4, 0.5) is 0 Å². The molecule has 1 aromatic heterocycles. The number of aromatic nitrogens is 1. The van der Waals surface area contributed by atoms with Crippen LogP contribution in [-0.4, -0.2) is 4.57 Å². The molecule has 0 aliphatic carbocycles. The number of rotatable bonds is 4. The highest BCUT2D eigenvalue weighted by Gasteiger charge is 2.18. The number of hydrogen-bond donors (Lipinski definition) is 0. The predicted molar refractivity (Wildman–Crippen MR) is 107 cm³/mol. The molecule has 0 saturated carbocycles. The van der Waals surface area contributed by atoms with E-state index in [4.69, 9.17) is 11.6 Å². The molecule has 0 radical (unpaired) electrons. The van der Waals surface area contributed by atoms with Crippen molar-refractivity contribution in [2.75, 3.05) is 0 Å². The molecule has 4 rings (SSSR count). The van der Waals surface area contributed by atoms with Crippen LogP contribution < -0.4 is 0 Å². The average Bonchev–Trinajstić information content (AvgIpc) is 3.04. The maximum Gasteiger partial charge on any atom is 0.0773 e. The van der Waals surface area contributed by atoms with E-state index >= 15 is 0 Å². The molecule has 0 aliphatic rings. The minimum absolute atomic E-state index is 0.0618. The molecule has 1 nitrogen and oxygen atoms in total. The van der Waals surface area contributed by atoms with Gasteiger partial charge in [0, 0.05) is 21.6 Å². The molecule has 0 spiro atoms. The van der Waals surface area contributed by atoms with E-state index < -0.39 is 0 Å². The highest BCUT2D eigenvalue weighted by atomic mass is 35.5. The molecule has 4 aromatic rings. The second-order valence-electron chi connectivity index (χ2n) is 6.06. The van der Waals surface area contributed by atoms with Crippen molar-refractivity contribution in [3.05, 3.63) is 108 Å². The molecule has 0 fully saturated rings. The SMILES string of the molecule is C=C[C@@H](c1ccccc1)n1c(-c2ccc(Cl)cc2)cc2ccccc21. The van der Waals surface area contributed by atoms with Gasteiger partial charge in [0.2, 0.25) is 0 Å². The molecule has 0 N–H and O–H groups in total. The van der Waals surface area contributed by atoms with E-state index in [0.29, 0.717) is 0 Å². The quantitative estimate of drug-likeness (QED) is 0.362. The summed E-state index contributed by atoms with van der Waals surface area (Å²) in [6.45, 7) is 4.11. The fourth-order valence-electron chi connectivity index (χ4n) is 3.36. The summed E-state index contributed by atoms with van der Waals surface area (Å²) in [6.07, 6.45) is 2.00. The zero-order valence-electron chi connectivity index (χ0n) is 13.8. The third-order valence-corrected chi connectivity index (χ3v) is 4.78. The van der Waals surface area contributed by atoms with Crippen LogP contribution in [0.25, 0.3) is 22.2 Å². The second-order valence-corrected chi connectivity index (χ2v) is 6.49. The van der Waals surface area contributed by atoms with Gasteiger partial charge in [-0.3, -0.25) is 0 Å². The summed E-state index contributed by atoms with van der Waals surface area (Å²) in [5.74, 6) is 0. The van der Waals surface area contributed by atoms with Gasteiger partial charge < -0.3 is 4.57 Å². The van der Waals surface area contributed by atoms with Crippen LogP contribution in [0.1, 0.15) is 11.6 Å². The van der Waals surface area contributed by atoms with Gasteiger partial charge in [-0.15, -0.1) is 6.58 Å². The van der Waals surface area contributed by atoms with E-state index in [-0.39, 0.29) is 6.04 Å². The smallest absolute Gasteiger partial charge is 0.0773 e. The van der Waals surface area contributed by atoms with Crippen LogP contribution in [0.15, 0.2) is 97.6 Å². The summed E-state index contributed by atoms with van der Waals surface area (Å²) in [6, 6.07) is 29.2. The van der Waals surface area contributed by atoms with Gasteiger partial charge in [0.15, 0.2) is 0 Å². The van der Waals surface area contributed by atoms with E-state index in [1.165, 1.54) is 16.5 Å². The molecule has 2 heteroatoms. The second kappa shape index (κ2) is 6.62. The Morgan fingerprint density at radius 2 is 1.52 bits per heavy atom. The monoisotopic (exact) mass is 343 g/mol. The standard InChI is InChI=1S/C23H18ClN/c1-2-21(17-8-4-3-5-9-17)25-22-11-7-6-10-19(22)16-23(25)18-12-14-20(24)15-13-18/h2-16,21H,1H2/t21-/m0/s1. The van der Waals surface area contributed by atoms with Crippen molar-refractivity contribution in [3.8, 4) is 11.3 Å². The Hall–Kier alpha value is -2.77. The van der Waals surface area contributed by atoms with Crippen molar-refractivity contribution in [3.63, 3.8) is 0 Å². The van der Waals surface area contributed by atoms with Gasteiger partial charge in [0.05, 0.1) is 6.04 Å². The summed E-state index contributed by atoms with van der Waals surface area (Å²) in [5.41, 5.74) is 4.71. The van der Waals surface area contributed by atoms with Gasteiger partial charge in [-0.2, -0.15) is 0 Å². The van der Waals surface area contributed by atoms with Crippen molar-refractivity contribution in [2.24, 2.45) is 0 Å². The largest absolute Gasteiger partial charge is 0.329 e. The Kier molecular flexibility index (Phi) is 4.17. The molecule has 0 bridgehead atoms. The molecule has 0 amide bonds. The van der Waals surface area contributed by atoms with Crippen molar-refractivity contribution in [2.45, 2.75) is 6.04 Å². The van der Waals surface area contributed by atoms with Gasteiger partial charge in [-0.1, -0.05) is 78.3 Å². The summed E-state index contributed by atoms with van der Waals surface area (Å²) in [4.78, 5) is 0. The number of para-hydroxylation sites is 1. The maximum atomic E-state index is 6.08. The van der Waals surface area contributed by atoms with Crippen LogP contribution in [-0.2, 0) is 0 Å². The number of allylic oxidation sites excluding steroid dienone is 1. The average molecular weight is 344 g/mol. The highest BCUT2D eigenvalue weighted by molar-refractivity contribution is 6.30. The first-order chi connectivity index (χ1) is 12.3. The van der Waals surface area contributed by atoms with Crippen molar-refractivity contribution in [1.29, 1.82) is 0 Å². The molecule has 3 aromatic carbocycles. The summed E-state index contributed by atoms with van der Waals surface area (Å²) in [7, 11) is 0.